The van der Waals surface area contributed by atoms with E-state index in [0.717, 1.165) is 6.54 Å². The summed E-state index contributed by atoms with van der Waals surface area (Å²) in [5, 5.41) is 11.6. The van der Waals surface area contributed by atoms with Gasteiger partial charge < -0.3 is 10.4 Å². The van der Waals surface area contributed by atoms with Gasteiger partial charge in [-0.2, -0.15) is 0 Å². The zero-order chi connectivity index (χ0) is 8.04. The molecule has 0 aliphatic rings. The van der Waals surface area contributed by atoms with Crippen LogP contribution in [0.5, 0.6) is 0 Å². The Labute approximate surface area is 62.9 Å². The maximum absolute atomic E-state index is 8.45. The summed E-state index contributed by atoms with van der Waals surface area (Å²) < 4.78 is 0. The largest absolute Gasteiger partial charge is 0.395 e. The molecule has 0 fully saturated rings. The molecule has 0 aliphatic heterocycles. The third-order valence-electron chi connectivity index (χ3n) is 1.42. The van der Waals surface area contributed by atoms with Gasteiger partial charge in [-0.25, -0.2) is 0 Å². The maximum Gasteiger partial charge on any atom is 0.0555 e. The number of hydrogen-bond donors (Lipinski definition) is 2. The lowest BCUT2D eigenvalue weighted by Gasteiger charge is -2.19. The van der Waals surface area contributed by atoms with Gasteiger partial charge in [-0.05, 0) is 5.41 Å². The Morgan fingerprint density at radius 1 is 1.60 bits per heavy atom. The van der Waals surface area contributed by atoms with Gasteiger partial charge >= 0.3 is 0 Å². The molecule has 0 heterocycles. The molecular weight excluding hydrogens is 126 g/mol. The average Bonchev–Trinajstić information content (AvgIpc) is 1.89. The minimum absolute atomic E-state index is 0.134. The van der Waals surface area contributed by atoms with E-state index in [1.165, 1.54) is 0 Å². The summed E-state index contributed by atoms with van der Waals surface area (Å²) in [5.41, 5.74) is 0.134. The molecule has 2 nitrogen and oxygen atoms in total. The Morgan fingerprint density at radius 2 is 2.20 bits per heavy atom. The van der Waals surface area contributed by atoms with E-state index in [4.69, 9.17) is 5.11 Å². The molecule has 2 N–H and O–H groups in total. The van der Waals surface area contributed by atoms with Gasteiger partial charge in [0.1, 0.15) is 0 Å². The Balaban J connectivity index is 3.37. The van der Waals surface area contributed by atoms with Crippen LogP contribution in [0.2, 0.25) is 0 Å². The van der Waals surface area contributed by atoms with Crippen LogP contribution in [0.25, 0.3) is 0 Å². The van der Waals surface area contributed by atoms with Gasteiger partial charge in [0.15, 0.2) is 0 Å². The summed E-state index contributed by atoms with van der Waals surface area (Å²) >= 11 is 0. The van der Waals surface area contributed by atoms with E-state index < -0.39 is 0 Å². The molecule has 0 rings (SSSR count). The quantitative estimate of drug-likeness (QED) is 0.440. The standard InChI is InChI=1S/C8H17NO/c1-4-8(2,3)7-9-5-6-10/h4,9-10H,1,5-7H2,2-3H3. The molecule has 0 aromatic carbocycles. The molecule has 0 aromatic rings. The van der Waals surface area contributed by atoms with E-state index in [0.29, 0.717) is 6.54 Å². The second-order valence-electron chi connectivity index (χ2n) is 3.09. The van der Waals surface area contributed by atoms with E-state index in [9.17, 15) is 0 Å². The topological polar surface area (TPSA) is 32.3 Å². The SMILES string of the molecule is C=CC(C)(C)CNCCO. The fourth-order valence-corrected chi connectivity index (χ4v) is 0.562. The normalized spacial score (nSPS) is 11.5. The molecule has 0 atom stereocenters. The summed E-state index contributed by atoms with van der Waals surface area (Å²) in [7, 11) is 0. The maximum atomic E-state index is 8.45. The number of aliphatic hydroxyl groups excluding tert-OH is 1. The van der Waals surface area contributed by atoms with Crippen LogP contribution >= 0.6 is 0 Å². The molecule has 60 valence electrons. The van der Waals surface area contributed by atoms with Crippen molar-refractivity contribution in [3.8, 4) is 0 Å². The van der Waals surface area contributed by atoms with E-state index in [1.54, 1.807) is 0 Å². The molecule has 10 heavy (non-hydrogen) atoms. The van der Waals surface area contributed by atoms with Crippen LogP contribution in [0.3, 0.4) is 0 Å². The number of aliphatic hydroxyl groups is 1. The summed E-state index contributed by atoms with van der Waals surface area (Å²) in [5.74, 6) is 0. The van der Waals surface area contributed by atoms with Crippen LogP contribution < -0.4 is 5.32 Å². The van der Waals surface area contributed by atoms with E-state index >= 15 is 0 Å². The third kappa shape index (κ3) is 4.53. The van der Waals surface area contributed by atoms with Crippen LogP contribution in [0, 0.1) is 5.41 Å². The average molecular weight is 143 g/mol. The lowest BCUT2D eigenvalue weighted by Crippen LogP contribution is -2.29. The first-order valence-corrected chi connectivity index (χ1v) is 3.57. The minimum Gasteiger partial charge on any atom is -0.395 e. The fraction of sp³-hybridized carbons (Fsp3) is 0.750. The molecule has 0 radical (unpaired) electrons. The van der Waals surface area contributed by atoms with Crippen LogP contribution in [0.1, 0.15) is 13.8 Å². The lowest BCUT2D eigenvalue weighted by atomic mass is 9.94. The number of nitrogens with one attached hydrogen (secondary N) is 1. The van der Waals surface area contributed by atoms with Crippen molar-refractivity contribution in [1.82, 2.24) is 5.32 Å². The molecule has 0 aromatic heterocycles. The highest BCUT2D eigenvalue weighted by atomic mass is 16.3. The zero-order valence-electron chi connectivity index (χ0n) is 6.85. The van der Waals surface area contributed by atoms with E-state index in [1.807, 2.05) is 6.08 Å². The highest BCUT2D eigenvalue weighted by Gasteiger charge is 2.10. The molecule has 0 saturated carbocycles. The van der Waals surface area contributed by atoms with Crippen molar-refractivity contribution in [2.75, 3.05) is 19.7 Å². The Bertz CT molecular complexity index is 99.4. The number of hydrogen-bond acceptors (Lipinski definition) is 2. The van der Waals surface area contributed by atoms with Crippen LogP contribution in [0.4, 0.5) is 0 Å². The smallest absolute Gasteiger partial charge is 0.0555 e. The van der Waals surface area contributed by atoms with Gasteiger partial charge in [0.05, 0.1) is 6.61 Å². The summed E-state index contributed by atoms with van der Waals surface area (Å²) in [6.45, 7) is 9.65. The van der Waals surface area contributed by atoms with Crippen molar-refractivity contribution in [2.45, 2.75) is 13.8 Å². The van der Waals surface area contributed by atoms with Crippen LogP contribution in [-0.4, -0.2) is 24.8 Å². The van der Waals surface area contributed by atoms with Gasteiger partial charge in [-0.15, -0.1) is 6.58 Å². The highest BCUT2D eigenvalue weighted by molar-refractivity contribution is 4.88. The molecule has 2 heteroatoms. The summed E-state index contributed by atoms with van der Waals surface area (Å²) in [6.07, 6.45) is 1.91. The van der Waals surface area contributed by atoms with Gasteiger partial charge in [0, 0.05) is 13.1 Å². The first kappa shape index (κ1) is 9.66. The van der Waals surface area contributed by atoms with E-state index in [2.05, 4.69) is 25.7 Å². The second-order valence-corrected chi connectivity index (χ2v) is 3.09. The predicted octanol–water partition coefficient (Wildman–Crippen LogP) is 0.780. The Morgan fingerprint density at radius 3 is 2.60 bits per heavy atom. The van der Waals surface area contributed by atoms with Crippen molar-refractivity contribution in [2.24, 2.45) is 5.41 Å². The summed E-state index contributed by atoms with van der Waals surface area (Å²) in [4.78, 5) is 0. The molecule has 0 amide bonds. The number of rotatable bonds is 5. The minimum atomic E-state index is 0.134. The fourth-order valence-electron chi connectivity index (χ4n) is 0.562. The molecule has 0 aliphatic carbocycles. The van der Waals surface area contributed by atoms with Crippen molar-refractivity contribution in [1.29, 1.82) is 0 Å². The molecule has 0 unspecified atom stereocenters. The van der Waals surface area contributed by atoms with Gasteiger partial charge in [-0.1, -0.05) is 19.9 Å². The lowest BCUT2D eigenvalue weighted by molar-refractivity contribution is 0.284. The molecule has 0 saturated heterocycles. The first-order valence-electron chi connectivity index (χ1n) is 3.57. The van der Waals surface area contributed by atoms with Crippen LogP contribution in [0.15, 0.2) is 12.7 Å². The Hall–Kier alpha value is -0.340. The van der Waals surface area contributed by atoms with Gasteiger partial charge in [-0.3, -0.25) is 0 Å². The second kappa shape index (κ2) is 4.47. The molecular formula is C8H17NO. The first-order chi connectivity index (χ1) is 4.62. The van der Waals surface area contributed by atoms with Gasteiger partial charge in [0.25, 0.3) is 0 Å². The third-order valence-corrected chi connectivity index (χ3v) is 1.42. The van der Waals surface area contributed by atoms with Crippen molar-refractivity contribution < 1.29 is 5.11 Å². The van der Waals surface area contributed by atoms with Crippen molar-refractivity contribution in [3.63, 3.8) is 0 Å². The Kier molecular flexibility index (Phi) is 4.32. The van der Waals surface area contributed by atoms with Crippen LogP contribution in [-0.2, 0) is 0 Å². The van der Waals surface area contributed by atoms with Crippen molar-refractivity contribution >= 4 is 0 Å². The molecule has 0 spiro atoms. The highest BCUT2D eigenvalue weighted by Crippen LogP contribution is 2.13. The van der Waals surface area contributed by atoms with Crippen molar-refractivity contribution in [3.05, 3.63) is 12.7 Å². The van der Waals surface area contributed by atoms with E-state index in [-0.39, 0.29) is 12.0 Å². The molecule has 0 bridgehead atoms. The monoisotopic (exact) mass is 143 g/mol. The van der Waals surface area contributed by atoms with Gasteiger partial charge in [0.2, 0.25) is 0 Å². The zero-order valence-corrected chi connectivity index (χ0v) is 6.85. The predicted molar refractivity (Wildman–Crippen MR) is 43.9 cm³/mol. The summed E-state index contributed by atoms with van der Waals surface area (Å²) in [6, 6.07) is 0.